The summed E-state index contributed by atoms with van der Waals surface area (Å²) in [6.07, 6.45) is 4.21. The third kappa shape index (κ3) is 6.43. The lowest BCUT2D eigenvalue weighted by molar-refractivity contribution is 0.157. The molecular weight excluding hydrogens is 166 g/mol. The molecule has 0 rings (SSSR count). The van der Waals surface area contributed by atoms with Crippen molar-refractivity contribution in [2.45, 2.75) is 52.0 Å². The van der Waals surface area contributed by atoms with E-state index >= 15 is 0 Å². The summed E-state index contributed by atoms with van der Waals surface area (Å²) in [5.41, 5.74) is -0.151. The molecule has 0 unspecified atom stereocenters. The quantitative estimate of drug-likeness (QED) is 0.672. The van der Waals surface area contributed by atoms with Gasteiger partial charge in [-0.1, -0.05) is 26.2 Å². The van der Waals surface area contributed by atoms with E-state index < -0.39 is 0 Å². The lowest BCUT2D eigenvalue weighted by Gasteiger charge is -2.25. The predicted octanol–water partition coefficient (Wildman–Crippen LogP) is 2.70. The number of hydrogen-bond acceptors (Lipinski definition) is 2. The average Bonchev–Trinajstić information content (AvgIpc) is 2.03. The second-order valence-electron chi connectivity index (χ2n) is 3.96. The Labute approximate surface area is 80.8 Å². The molecule has 0 fully saturated rings. The fourth-order valence-electron chi connectivity index (χ4n) is 1.21. The van der Waals surface area contributed by atoms with E-state index in [1.807, 2.05) is 13.8 Å². The third-order valence-corrected chi connectivity index (χ3v) is 2.03. The van der Waals surface area contributed by atoms with Crippen LogP contribution in [-0.4, -0.2) is 18.7 Å². The predicted molar refractivity (Wildman–Crippen MR) is 53.8 cm³/mol. The Kier molecular flexibility index (Phi) is 5.51. The second kappa shape index (κ2) is 5.84. The molecule has 0 heterocycles. The molecule has 0 aliphatic rings. The summed E-state index contributed by atoms with van der Waals surface area (Å²) >= 11 is 0. The minimum absolute atomic E-state index is 0.151. The summed E-state index contributed by atoms with van der Waals surface area (Å²) in [7, 11) is 1.39. The first kappa shape index (κ1) is 12.3. The molecular formula is C10H21NO2. The number of carbonyl (C=O) groups excluding carboxylic acids is 1. The molecule has 0 bridgehead atoms. The largest absolute Gasteiger partial charge is 0.453 e. The summed E-state index contributed by atoms with van der Waals surface area (Å²) in [5.74, 6) is 0. The zero-order valence-corrected chi connectivity index (χ0v) is 9.14. The average molecular weight is 187 g/mol. The van der Waals surface area contributed by atoms with Crippen molar-refractivity contribution in [3.63, 3.8) is 0 Å². The van der Waals surface area contributed by atoms with Gasteiger partial charge in [0.15, 0.2) is 0 Å². The smallest absolute Gasteiger partial charge is 0.407 e. The van der Waals surface area contributed by atoms with Gasteiger partial charge in [-0.2, -0.15) is 0 Å². The monoisotopic (exact) mass is 187 g/mol. The van der Waals surface area contributed by atoms with Gasteiger partial charge in [-0.15, -0.1) is 0 Å². The molecule has 0 aromatic heterocycles. The number of methoxy groups -OCH3 is 1. The lowest BCUT2D eigenvalue weighted by atomic mass is 9.97. The van der Waals surface area contributed by atoms with E-state index in [0.717, 1.165) is 12.8 Å². The second-order valence-corrected chi connectivity index (χ2v) is 3.96. The number of hydrogen-bond donors (Lipinski definition) is 1. The molecule has 0 saturated heterocycles. The highest BCUT2D eigenvalue weighted by molar-refractivity contribution is 5.67. The molecule has 0 aromatic rings. The minimum atomic E-state index is -0.346. The lowest BCUT2D eigenvalue weighted by Crippen LogP contribution is -2.43. The van der Waals surface area contributed by atoms with Crippen LogP contribution in [0.25, 0.3) is 0 Å². The van der Waals surface area contributed by atoms with Crippen LogP contribution in [0.5, 0.6) is 0 Å². The van der Waals surface area contributed by atoms with Gasteiger partial charge in [0.2, 0.25) is 0 Å². The number of nitrogens with one attached hydrogen (secondary N) is 1. The zero-order chi connectivity index (χ0) is 10.3. The van der Waals surface area contributed by atoms with Gasteiger partial charge in [0.1, 0.15) is 0 Å². The molecule has 0 radical (unpaired) electrons. The molecule has 13 heavy (non-hydrogen) atoms. The summed E-state index contributed by atoms with van der Waals surface area (Å²) in [4.78, 5) is 10.9. The van der Waals surface area contributed by atoms with Crippen LogP contribution in [0, 0.1) is 0 Å². The molecule has 0 spiro atoms. The first-order chi connectivity index (χ1) is 6.02. The van der Waals surface area contributed by atoms with Gasteiger partial charge in [0.05, 0.1) is 7.11 Å². The van der Waals surface area contributed by atoms with Gasteiger partial charge in [0.25, 0.3) is 0 Å². The van der Waals surface area contributed by atoms with Crippen molar-refractivity contribution < 1.29 is 9.53 Å². The number of carbonyl (C=O) groups is 1. The maximum absolute atomic E-state index is 10.9. The normalized spacial score (nSPS) is 11.1. The Balaban J connectivity index is 3.72. The van der Waals surface area contributed by atoms with Gasteiger partial charge in [-0.3, -0.25) is 0 Å². The van der Waals surface area contributed by atoms with Crippen molar-refractivity contribution in [2.75, 3.05) is 7.11 Å². The van der Waals surface area contributed by atoms with E-state index in [1.54, 1.807) is 0 Å². The first-order valence-corrected chi connectivity index (χ1v) is 4.88. The number of ether oxygens (including phenoxy) is 1. The maximum atomic E-state index is 10.9. The van der Waals surface area contributed by atoms with Crippen LogP contribution in [-0.2, 0) is 4.74 Å². The van der Waals surface area contributed by atoms with E-state index in [0.29, 0.717) is 0 Å². The van der Waals surface area contributed by atoms with Gasteiger partial charge >= 0.3 is 6.09 Å². The fraction of sp³-hybridized carbons (Fsp3) is 0.900. The van der Waals surface area contributed by atoms with Crippen LogP contribution in [0.3, 0.4) is 0 Å². The molecule has 1 amide bonds. The minimum Gasteiger partial charge on any atom is -0.453 e. The molecule has 1 N–H and O–H groups in total. The summed E-state index contributed by atoms with van der Waals surface area (Å²) in [6.45, 7) is 6.19. The molecule has 0 aliphatic heterocycles. The van der Waals surface area contributed by atoms with E-state index in [9.17, 15) is 4.79 Å². The zero-order valence-electron chi connectivity index (χ0n) is 9.14. The van der Waals surface area contributed by atoms with Crippen molar-refractivity contribution >= 4 is 6.09 Å². The standard InChI is InChI=1S/C10H21NO2/c1-5-6-7-8-10(2,3)11-9(12)13-4/h5-8H2,1-4H3,(H,11,12). The van der Waals surface area contributed by atoms with Crippen LogP contribution in [0.1, 0.15) is 46.5 Å². The molecule has 3 nitrogen and oxygen atoms in total. The maximum Gasteiger partial charge on any atom is 0.407 e. The number of alkyl carbamates (subject to hydrolysis) is 1. The van der Waals surface area contributed by atoms with Crippen molar-refractivity contribution in [3.8, 4) is 0 Å². The van der Waals surface area contributed by atoms with Crippen molar-refractivity contribution in [1.29, 1.82) is 0 Å². The van der Waals surface area contributed by atoms with Gasteiger partial charge in [0, 0.05) is 5.54 Å². The van der Waals surface area contributed by atoms with Crippen molar-refractivity contribution in [1.82, 2.24) is 5.32 Å². The SMILES string of the molecule is CCCCCC(C)(C)NC(=O)OC. The van der Waals surface area contributed by atoms with Crippen LogP contribution in [0.2, 0.25) is 0 Å². The summed E-state index contributed by atoms with van der Waals surface area (Å²) < 4.78 is 4.54. The fourth-order valence-corrected chi connectivity index (χ4v) is 1.21. The number of unbranched alkanes of at least 4 members (excludes halogenated alkanes) is 2. The molecule has 3 heteroatoms. The molecule has 0 aromatic carbocycles. The molecule has 78 valence electrons. The topological polar surface area (TPSA) is 38.3 Å². The Morgan fingerprint density at radius 3 is 2.46 bits per heavy atom. The van der Waals surface area contributed by atoms with Crippen LogP contribution >= 0.6 is 0 Å². The first-order valence-electron chi connectivity index (χ1n) is 4.88. The number of rotatable bonds is 5. The highest BCUT2D eigenvalue weighted by Gasteiger charge is 2.19. The van der Waals surface area contributed by atoms with Crippen molar-refractivity contribution in [3.05, 3.63) is 0 Å². The highest BCUT2D eigenvalue weighted by atomic mass is 16.5. The van der Waals surface area contributed by atoms with Gasteiger partial charge in [-0.05, 0) is 20.3 Å². The molecule has 0 saturated carbocycles. The number of amides is 1. The highest BCUT2D eigenvalue weighted by Crippen LogP contribution is 2.13. The third-order valence-electron chi connectivity index (χ3n) is 2.03. The van der Waals surface area contributed by atoms with E-state index in [4.69, 9.17) is 0 Å². The Morgan fingerprint density at radius 1 is 1.38 bits per heavy atom. The Hall–Kier alpha value is -0.730. The summed E-state index contributed by atoms with van der Waals surface area (Å²) in [5, 5.41) is 2.80. The van der Waals surface area contributed by atoms with Crippen LogP contribution < -0.4 is 5.32 Å². The van der Waals surface area contributed by atoms with E-state index in [-0.39, 0.29) is 11.6 Å². The Morgan fingerprint density at radius 2 is 2.00 bits per heavy atom. The molecule has 0 aliphatic carbocycles. The van der Waals surface area contributed by atoms with Crippen LogP contribution in [0.4, 0.5) is 4.79 Å². The molecule has 0 atom stereocenters. The van der Waals surface area contributed by atoms with Crippen molar-refractivity contribution in [2.24, 2.45) is 0 Å². The summed E-state index contributed by atoms with van der Waals surface area (Å²) in [6, 6.07) is 0. The van der Waals surface area contributed by atoms with E-state index in [1.165, 1.54) is 20.0 Å². The van der Waals surface area contributed by atoms with Gasteiger partial charge < -0.3 is 10.1 Å². The van der Waals surface area contributed by atoms with Gasteiger partial charge in [-0.25, -0.2) is 4.79 Å². The van der Waals surface area contributed by atoms with E-state index in [2.05, 4.69) is 17.0 Å². The Bertz CT molecular complexity index is 155. The van der Waals surface area contributed by atoms with Crippen LogP contribution in [0.15, 0.2) is 0 Å².